The quantitative estimate of drug-likeness (QED) is 0.868. The molecule has 1 atom stereocenters. The number of hydrogen-bond acceptors (Lipinski definition) is 1. The van der Waals surface area contributed by atoms with Gasteiger partial charge in [0.1, 0.15) is 5.82 Å². The number of benzene rings is 2. The molecule has 0 heterocycles. The Morgan fingerprint density at radius 3 is 2.30 bits per heavy atom. The van der Waals surface area contributed by atoms with E-state index in [4.69, 9.17) is 11.6 Å². The van der Waals surface area contributed by atoms with Crippen molar-refractivity contribution in [2.45, 2.75) is 26.3 Å². The predicted octanol–water partition coefficient (Wildman–Crippen LogP) is 4.60. The molecule has 2 aromatic carbocycles. The van der Waals surface area contributed by atoms with E-state index in [0.29, 0.717) is 6.42 Å². The molecule has 2 rings (SSSR count). The average molecular weight is 292 g/mol. The summed E-state index contributed by atoms with van der Waals surface area (Å²) in [7, 11) is 1.92. The summed E-state index contributed by atoms with van der Waals surface area (Å²) in [6.07, 6.45) is 0.665. The van der Waals surface area contributed by atoms with Gasteiger partial charge in [0, 0.05) is 6.04 Å². The molecule has 0 aliphatic carbocycles. The van der Waals surface area contributed by atoms with Crippen LogP contribution < -0.4 is 5.32 Å². The van der Waals surface area contributed by atoms with Crippen LogP contribution in [0.5, 0.6) is 0 Å². The lowest BCUT2D eigenvalue weighted by molar-refractivity contribution is 0.579. The van der Waals surface area contributed by atoms with Crippen molar-refractivity contribution in [2.75, 3.05) is 7.05 Å². The van der Waals surface area contributed by atoms with E-state index in [2.05, 4.69) is 37.4 Å². The van der Waals surface area contributed by atoms with Gasteiger partial charge < -0.3 is 5.32 Å². The van der Waals surface area contributed by atoms with Gasteiger partial charge in [0.05, 0.1) is 5.02 Å². The topological polar surface area (TPSA) is 12.0 Å². The zero-order valence-corrected chi connectivity index (χ0v) is 12.8. The number of aryl methyl sites for hydroxylation is 2. The zero-order chi connectivity index (χ0) is 14.7. The highest BCUT2D eigenvalue weighted by atomic mass is 35.5. The van der Waals surface area contributed by atoms with Crippen LogP contribution in [-0.4, -0.2) is 7.05 Å². The van der Waals surface area contributed by atoms with Crippen molar-refractivity contribution in [3.05, 3.63) is 69.5 Å². The van der Waals surface area contributed by atoms with Gasteiger partial charge in [0.15, 0.2) is 0 Å². The van der Waals surface area contributed by atoms with E-state index in [1.165, 1.54) is 22.8 Å². The first-order valence-corrected chi connectivity index (χ1v) is 7.08. The number of hydrogen-bond donors (Lipinski definition) is 1. The molecule has 0 fully saturated rings. The summed E-state index contributed by atoms with van der Waals surface area (Å²) in [5.41, 5.74) is 4.55. The van der Waals surface area contributed by atoms with Crippen LogP contribution in [0.15, 0.2) is 36.4 Å². The summed E-state index contributed by atoms with van der Waals surface area (Å²) in [6.45, 7) is 4.19. The molecule has 0 saturated carbocycles. The Hall–Kier alpha value is -1.38. The molecule has 0 aromatic heterocycles. The van der Waals surface area contributed by atoms with Gasteiger partial charge in [-0.25, -0.2) is 4.39 Å². The summed E-state index contributed by atoms with van der Waals surface area (Å²) in [5.74, 6) is -0.361. The Bertz CT molecular complexity index is 590. The van der Waals surface area contributed by atoms with Crippen LogP contribution >= 0.6 is 11.6 Å². The third-order valence-electron chi connectivity index (χ3n) is 3.69. The molecule has 0 spiro atoms. The average Bonchev–Trinajstić information content (AvgIpc) is 2.42. The van der Waals surface area contributed by atoms with E-state index < -0.39 is 0 Å². The molecule has 3 heteroatoms. The molecule has 0 bridgehead atoms. The van der Waals surface area contributed by atoms with E-state index in [0.717, 1.165) is 5.56 Å². The van der Waals surface area contributed by atoms with E-state index in [9.17, 15) is 4.39 Å². The van der Waals surface area contributed by atoms with Crippen molar-refractivity contribution in [3.63, 3.8) is 0 Å². The molecule has 1 N–H and O–H groups in total. The second kappa shape index (κ2) is 6.38. The van der Waals surface area contributed by atoms with Crippen molar-refractivity contribution in [1.29, 1.82) is 0 Å². The molecule has 0 radical (unpaired) electrons. The highest BCUT2D eigenvalue weighted by molar-refractivity contribution is 6.31. The summed E-state index contributed by atoms with van der Waals surface area (Å²) in [4.78, 5) is 0. The molecule has 0 amide bonds. The Morgan fingerprint density at radius 1 is 1.10 bits per heavy atom. The molecule has 0 aliphatic rings. The first kappa shape index (κ1) is 15.0. The highest BCUT2D eigenvalue weighted by Gasteiger charge is 2.17. The smallest absolute Gasteiger partial charge is 0.142 e. The van der Waals surface area contributed by atoms with Crippen molar-refractivity contribution < 1.29 is 4.39 Å². The van der Waals surface area contributed by atoms with Crippen molar-refractivity contribution in [1.82, 2.24) is 5.32 Å². The number of nitrogens with one attached hydrogen (secondary N) is 1. The Morgan fingerprint density at radius 2 is 1.70 bits per heavy atom. The molecule has 0 saturated heterocycles. The standard InChI is InChI=1S/C17H19ClFN/c1-11-6-4-7-12(2)16(11)15(20-3)10-13-8-5-9-14(19)17(13)18/h4-9,15,20H,10H2,1-3H3. The molecular formula is C17H19ClFN. The van der Waals surface area contributed by atoms with Gasteiger partial charge >= 0.3 is 0 Å². The molecule has 1 nitrogen and oxygen atoms in total. The first-order valence-electron chi connectivity index (χ1n) is 6.71. The Labute approximate surface area is 124 Å². The zero-order valence-electron chi connectivity index (χ0n) is 12.0. The van der Waals surface area contributed by atoms with Crippen LogP contribution in [0.1, 0.15) is 28.3 Å². The summed E-state index contributed by atoms with van der Waals surface area (Å²) >= 11 is 6.06. The predicted molar refractivity (Wildman–Crippen MR) is 82.8 cm³/mol. The van der Waals surface area contributed by atoms with Gasteiger partial charge in [-0.3, -0.25) is 0 Å². The van der Waals surface area contributed by atoms with E-state index in [1.54, 1.807) is 6.07 Å². The van der Waals surface area contributed by atoms with Gasteiger partial charge in [-0.05, 0) is 55.6 Å². The SMILES string of the molecule is CNC(Cc1cccc(F)c1Cl)c1c(C)cccc1C. The van der Waals surface area contributed by atoms with Crippen LogP contribution in [0, 0.1) is 19.7 Å². The van der Waals surface area contributed by atoms with Gasteiger partial charge in [-0.15, -0.1) is 0 Å². The molecule has 106 valence electrons. The molecular weight excluding hydrogens is 273 g/mol. The van der Waals surface area contributed by atoms with Crippen LogP contribution in [0.25, 0.3) is 0 Å². The fourth-order valence-corrected chi connectivity index (χ4v) is 2.85. The maximum Gasteiger partial charge on any atom is 0.142 e. The lowest BCUT2D eigenvalue weighted by Crippen LogP contribution is -2.21. The molecule has 20 heavy (non-hydrogen) atoms. The largest absolute Gasteiger partial charge is 0.313 e. The van der Waals surface area contributed by atoms with Gasteiger partial charge in [-0.1, -0.05) is 41.9 Å². The Kier molecular flexibility index (Phi) is 4.79. The second-order valence-electron chi connectivity index (χ2n) is 5.06. The normalized spacial score (nSPS) is 12.4. The number of halogens is 2. The van der Waals surface area contributed by atoms with E-state index in [1.807, 2.05) is 13.1 Å². The van der Waals surface area contributed by atoms with Gasteiger partial charge in [0.25, 0.3) is 0 Å². The van der Waals surface area contributed by atoms with Crippen molar-refractivity contribution >= 4 is 11.6 Å². The van der Waals surface area contributed by atoms with E-state index >= 15 is 0 Å². The van der Waals surface area contributed by atoms with Crippen LogP contribution in [0.2, 0.25) is 5.02 Å². The number of likely N-dealkylation sites (N-methyl/N-ethyl adjacent to an activating group) is 1. The van der Waals surface area contributed by atoms with Crippen molar-refractivity contribution in [2.24, 2.45) is 0 Å². The molecule has 1 unspecified atom stereocenters. The van der Waals surface area contributed by atoms with Crippen LogP contribution in [-0.2, 0) is 6.42 Å². The first-order chi connectivity index (χ1) is 9.54. The molecule has 0 aliphatic heterocycles. The third kappa shape index (κ3) is 3.02. The minimum atomic E-state index is -0.361. The minimum Gasteiger partial charge on any atom is -0.313 e. The third-order valence-corrected chi connectivity index (χ3v) is 4.12. The van der Waals surface area contributed by atoms with Crippen LogP contribution in [0.4, 0.5) is 4.39 Å². The summed E-state index contributed by atoms with van der Waals surface area (Å²) < 4.78 is 13.5. The van der Waals surface area contributed by atoms with E-state index in [-0.39, 0.29) is 16.9 Å². The minimum absolute atomic E-state index is 0.121. The highest BCUT2D eigenvalue weighted by Crippen LogP contribution is 2.28. The fourth-order valence-electron chi connectivity index (χ4n) is 2.65. The lowest BCUT2D eigenvalue weighted by Gasteiger charge is -2.22. The van der Waals surface area contributed by atoms with Crippen LogP contribution in [0.3, 0.4) is 0 Å². The lowest BCUT2D eigenvalue weighted by atomic mass is 9.92. The molecule has 2 aromatic rings. The summed E-state index contributed by atoms with van der Waals surface area (Å²) in [6, 6.07) is 11.3. The maximum atomic E-state index is 13.5. The fraction of sp³-hybridized carbons (Fsp3) is 0.294. The van der Waals surface area contributed by atoms with Gasteiger partial charge in [-0.2, -0.15) is 0 Å². The van der Waals surface area contributed by atoms with Gasteiger partial charge in [0.2, 0.25) is 0 Å². The second-order valence-corrected chi connectivity index (χ2v) is 5.44. The summed E-state index contributed by atoms with van der Waals surface area (Å²) in [5, 5.41) is 3.54. The monoisotopic (exact) mass is 291 g/mol. The maximum absolute atomic E-state index is 13.5. The Balaban J connectivity index is 2.37. The van der Waals surface area contributed by atoms with Crippen molar-refractivity contribution in [3.8, 4) is 0 Å². The number of rotatable bonds is 4.